The van der Waals surface area contributed by atoms with E-state index >= 15 is 0 Å². The van der Waals surface area contributed by atoms with Gasteiger partial charge in [-0.15, -0.1) is 18.5 Å². The molecule has 5 N–H and O–H groups in total. The number of hydrogen-bond acceptors (Lipinski definition) is 9. The molecule has 376 valence electrons. The van der Waals surface area contributed by atoms with Gasteiger partial charge in [-0.1, -0.05) is 165 Å². The van der Waals surface area contributed by atoms with E-state index in [2.05, 4.69) is 72.3 Å². The molecular weight excluding hydrogens is 949 g/mol. The van der Waals surface area contributed by atoms with Crippen molar-refractivity contribution in [2.45, 2.75) is 190 Å². The summed E-state index contributed by atoms with van der Waals surface area (Å²) in [5.74, 6) is -0.829. The average molecular weight is 1030 g/mol. The lowest BCUT2D eigenvalue weighted by molar-refractivity contribution is 0.451. The predicted molar refractivity (Wildman–Crippen MR) is 274 cm³/mol. The van der Waals surface area contributed by atoms with Gasteiger partial charge in [0, 0.05) is 21.7 Å². The first-order chi connectivity index (χ1) is 30.5. The van der Waals surface area contributed by atoms with Gasteiger partial charge in [-0.05, 0) is 74.6 Å². The smallest absolute Gasteiger partial charge is 0.264 e. The molecule has 0 fully saturated rings. The van der Waals surface area contributed by atoms with Crippen LogP contribution in [0.2, 0.25) is 0 Å². The maximum absolute atomic E-state index is 11.1. The fourth-order valence-corrected chi connectivity index (χ4v) is 12.3. The molecule has 0 radical (unpaired) electrons. The summed E-state index contributed by atoms with van der Waals surface area (Å²) in [6, 6.07) is 17.0. The molecule has 2 unspecified atom stereocenters. The van der Waals surface area contributed by atoms with Crippen molar-refractivity contribution in [3.8, 4) is 0 Å². The molecule has 65 heavy (non-hydrogen) atoms. The highest BCUT2D eigenvalue weighted by atomic mass is 32.2. The Morgan fingerprint density at radius 1 is 0.338 bits per heavy atom. The lowest BCUT2D eigenvalue weighted by Crippen LogP contribution is -2.22. The van der Waals surface area contributed by atoms with Crippen molar-refractivity contribution < 1.29 is 51.9 Å². The molecule has 0 saturated carbocycles. The van der Waals surface area contributed by atoms with E-state index < -0.39 is 40.5 Å². The van der Waals surface area contributed by atoms with Gasteiger partial charge in [0.25, 0.3) is 40.5 Å². The number of rotatable bonds is 40. The van der Waals surface area contributed by atoms with Gasteiger partial charge < -0.3 is 5.32 Å². The van der Waals surface area contributed by atoms with Crippen molar-refractivity contribution in [2.75, 3.05) is 28.3 Å². The molecule has 0 saturated heterocycles. The topological polar surface area (TPSA) is 230 Å². The highest BCUT2D eigenvalue weighted by Crippen LogP contribution is 2.48. The van der Waals surface area contributed by atoms with Crippen LogP contribution in [0.3, 0.4) is 0 Å². The van der Waals surface area contributed by atoms with E-state index in [-0.39, 0.29) is 33.3 Å². The van der Waals surface area contributed by atoms with Crippen LogP contribution in [0.15, 0.2) is 48.5 Å². The summed E-state index contributed by atoms with van der Waals surface area (Å²) in [6.07, 6.45) is 23.9. The number of anilines is 2. The molecule has 2 aromatic carbocycles. The van der Waals surface area contributed by atoms with E-state index in [1.165, 1.54) is 11.1 Å². The van der Waals surface area contributed by atoms with Gasteiger partial charge in [0.2, 0.25) is 0 Å². The minimum Gasteiger partial charge on any atom is -0.355 e. The van der Waals surface area contributed by atoms with Gasteiger partial charge in [-0.2, -0.15) is 33.7 Å². The SMILES string of the molecule is O=S(=O)(O)CCCCCCCCC(P)(CCCCCCCCS(=O)(=O)O)c1ccccc1Nc1ccccc1C(P)(CCCCCCCCS(=O)(=O)O)CCCCCCCCS(=O)(=O)O. The molecule has 19 heteroatoms. The van der Waals surface area contributed by atoms with Crippen molar-refractivity contribution >= 4 is 70.3 Å². The van der Waals surface area contributed by atoms with Crippen LogP contribution in [0.4, 0.5) is 11.4 Å². The minimum atomic E-state index is -3.94. The average Bonchev–Trinajstić information content (AvgIpc) is 3.20. The van der Waals surface area contributed by atoms with Gasteiger partial charge in [0.1, 0.15) is 0 Å². The first-order valence-electron chi connectivity index (χ1n) is 23.9. The Labute approximate surface area is 398 Å². The monoisotopic (exact) mass is 1030 g/mol. The highest BCUT2D eigenvalue weighted by molar-refractivity contribution is 7.86. The second-order valence-corrected chi connectivity index (χ2v) is 26.7. The molecule has 0 bridgehead atoms. The van der Waals surface area contributed by atoms with E-state index in [1.807, 2.05) is 0 Å². The van der Waals surface area contributed by atoms with Crippen LogP contribution in [0.1, 0.15) is 191 Å². The minimum absolute atomic E-state index is 0.207. The highest BCUT2D eigenvalue weighted by Gasteiger charge is 2.31. The predicted octanol–water partition coefficient (Wildman–Crippen LogP) is 12.0. The maximum Gasteiger partial charge on any atom is 0.264 e. The Morgan fingerprint density at radius 2 is 0.538 bits per heavy atom. The van der Waals surface area contributed by atoms with E-state index in [4.69, 9.17) is 18.2 Å². The van der Waals surface area contributed by atoms with Gasteiger partial charge in [-0.3, -0.25) is 18.2 Å². The van der Waals surface area contributed by atoms with Crippen LogP contribution in [0.5, 0.6) is 0 Å². The standard InChI is InChI=1S/C46H81NO12P2S4/c48-62(49,50)37-25-13-5-1-9-21-33-45(60,34-22-10-2-6-14-26-38-63(51,52)53)41-29-17-19-31-43(41)47-44-32-20-18-30-42(44)46(61,35-23-11-3-7-15-27-39-64(54,55)56)36-24-12-4-8-16-28-40-65(57,58)59/h17-20,29-32,47H,1-16,21-28,33-40,60-61H2,(H,48,49,50)(H,51,52,53)(H,54,55,56)(H,57,58,59). The number of para-hydroxylation sites is 2. The Morgan fingerprint density at radius 3 is 0.769 bits per heavy atom. The Bertz CT molecular complexity index is 1840. The zero-order valence-electron chi connectivity index (χ0n) is 38.6. The van der Waals surface area contributed by atoms with E-state index in [9.17, 15) is 33.7 Å². The van der Waals surface area contributed by atoms with Crippen LogP contribution in [-0.2, 0) is 50.8 Å². The maximum atomic E-state index is 11.1. The van der Waals surface area contributed by atoms with Crippen LogP contribution in [-0.4, -0.2) is 74.9 Å². The molecule has 0 aliphatic carbocycles. The number of benzene rings is 2. The van der Waals surface area contributed by atoms with E-state index in [1.54, 1.807) is 0 Å². The Kier molecular flexibility index (Phi) is 28.6. The molecule has 0 aromatic heterocycles. The largest absolute Gasteiger partial charge is 0.355 e. The molecule has 2 rings (SSSR count). The number of nitrogens with one attached hydrogen (secondary N) is 1. The summed E-state index contributed by atoms with van der Waals surface area (Å²) in [5.41, 5.74) is 4.48. The molecule has 0 aliphatic rings. The van der Waals surface area contributed by atoms with Crippen LogP contribution in [0, 0.1) is 0 Å². The third-order valence-corrected chi connectivity index (χ3v) is 17.3. The summed E-state index contributed by atoms with van der Waals surface area (Å²) in [7, 11) is -9.36. The van der Waals surface area contributed by atoms with Gasteiger partial charge in [-0.25, -0.2) is 0 Å². The lowest BCUT2D eigenvalue weighted by atomic mass is 9.84. The summed E-state index contributed by atoms with van der Waals surface area (Å²) < 4.78 is 125. The van der Waals surface area contributed by atoms with Crippen molar-refractivity contribution in [3.05, 3.63) is 59.7 Å². The Balaban J connectivity index is 2.28. The molecule has 0 spiro atoms. The zero-order valence-corrected chi connectivity index (χ0v) is 44.2. The first kappa shape index (κ1) is 59.9. The normalized spacial score (nSPS) is 13.1. The summed E-state index contributed by atoms with van der Waals surface area (Å²) in [5, 5.41) is 3.41. The zero-order chi connectivity index (χ0) is 48.3. The molecule has 2 atom stereocenters. The molecule has 13 nitrogen and oxygen atoms in total. The van der Waals surface area contributed by atoms with Gasteiger partial charge in [0.05, 0.1) is 23.0 Å². The third kappa shape index (κ3) is 29.4. The molecule has 0 heterocycles. The summed E-state index contributed by atoms with van der Waals surface area (Å²) in [4.78, 5) is 0. The lowest BCUT2D eigenvalue weighted by Gasteiger charge is -2.35. The molecule has 2 aromatic rings. The van der Waals surface area contributed by atoms with E-state index in [0.717, 1.165) is 165 Å². The number of hydrogen-bond donors (Lipinski definition) is 5. The van der Waals surface area contributed by atoms with Crippen LogP contribution in [0.25, 0.3) is 0 Å². The van der Waals surface area contributed by atoms with E-state index in [0.29, 0.717) is 25.7 Å². The van der Waals surface area contributed by atoms with Crippen molar-refractivity contribution in [3.63, 3.8) is 0 Å². The van der Waals surface area contributed by atoms with Crippen molar-refractivity contribution in [1.82, 2.24) is 0 Å². The Hall–Kier alpha value is -1.26. The van der Waals surface area contributed by atoms with Crippen molar-refractivity contribution in [1.29, 1.82) is 0 Å². The van der Waals surface area contributed by atoms with Crippen LogP contribution < -0.4 is 5.32 Å². The second-order valence-electron chi connectivity index (χ2n) is 18.2. The fraction of sp³-hybridized carbons (Fsp3) is 0.739. The second kappa shape index (κ2) is 31.1. The van der Waals surface area contributed by atoms with Crippen LogP contribution >= 0.6 is 18.5 Å². The summed E-state index contributed by atoms with van der Waals surface area (Å²) >= 11 is 0. The summed E-state index contributed by atoms with van der Waals surface area (Å²) in [6.45, 7) is 0. The first-order valence-corrected chi connectivity index (χ1v) is 31.5. The molecular formula is C46H81NO12P2S4. The van der Waals surface area contributed by atoms with Crippen molar-refractivity contribution in [2.24, 2.45) is 0 Å². The fourth-order valence-electron chi connectivity index (χ4n) is 8.71. The number of unbranched alkanes of at least 4 members (excludes halogenated alkanes) is 20. The molecule has 0 aliphatic heterocycles. The van der Waals surface area contributed by atoms with Gasteiger partial charge in [0.15, 0.2) is 0 Å². The third-order valence-electron chi connectivity index (χ3n) is 12.3. The van der Waals surface area contributed by atoms with Gasteiger partial charge >= 0.3 is 0 Å². The molecule has 0 amide bonds. The quantitative estimate of drug-likeness (QED) is 0.0238.